The quantitative estimate of drug-likeness (QED) is 0.482. The van der Waals surface area contributed by atoms with Crippen LogP contribution in [0, 0.1) is 40.4 Å². The van der Waals surface area contributed by atoms with Crippen molar-refractivity contribution in [2.45, 2.75) is 97.0 Å². The Morgan fingerprint density at radius 1 is 1.09 bits per heavy atom. The molecule has 4 saturated carbocycles. The van der Waals surface area contributed by atoms with Crippen LogP contribution in [0.15, 0.2) is 23.0 Å². The molecule has 1 aromatic carbocycles. The van der Waals surface area contributed by atoms with Gasteiger partial charge in [0.05, 0.1) is 22.0 Å². The molecule has 4 aliphatic rings. The molecule has 2 N–H and O–H groups in total. The molecule has 0 radical (unpaired) electrons. The van der Waals surface area contributed by atoms with Gasteiger partial charge in [0.2, 0.25) is 0 Å². The summed E-state index contributed by atoms with van der Waals surface area (Å²) in [6.07, 6.45) is 14.6. The van der Waals surface area contributed by atoms with Crippen LogP contribution in [0.25, 0.3) is 10.9 Å². The average molecular weight is 497 g/mol. The number of hydrogen-bond acceptors (Lipinski definition) is 3. The molecule has 0 amide bonds. The van der Waals surface area contributed by atoms with Crippen LogP contribution in [0.1, 0.15) is 90.3 Å². The van der Waals surface area contributed by atoms with Gasteiger partial charge in [-0.25, -0.2) is 4.98 Å². The Hall–Kier alpha value is -1.39. The Kier molecular flexibility index (Phi) is 6.08. The molecule has 35 heavy (non-hydrogen) atoms. The number of aryl methyl sites for hydroxylation is 1. The summed E-state index contributed by atoms with van der Waals surface area (Å²) in [5, 5.41) is 12.4. The smallest absolute Gasteiger partial charge is 0.260 e. The first-order valence-corrected chi connectivity index (χ1v) is 14.5. The second-order valence-corrected chi connectivity index (χ2v) is 13.3. The fraction of sp³-hybridized carbons (Fsp3) is 0.733. The van der Waals surface area contributed by atoms with E-state index in [-0.39, 0.29) is 11.7 Å². The summed E-state index contributed by atoms with van der Waals surface area (Å²) in [4.78, 5) is 20.2. The number of aliphatic hydroxyl groups is 1. The molecule has 8 atom stereocenters. The number of H-pyrrole nitrogens is 1. The molecule has 0 bridgehead atoms. The first-order valence-electron chi connectivity index (χ1n) is 14.2. The summed E-state index contributed by atoms with van der Waals surface area (Å²) in [6, 6.07) is 5.46. The van der Waals surface area contributed by atoms with Crippen molar-refractivity contribution in [2.24, 2.45) is 40.4 Å². The third kappa shape index (κ3) is 3.81. The van der Waals surface area contributed by atoms with Crippen LogP contribution >= 0.6 is 11.6 Å². The van der Waals surface area contributed by atoms with Crippen molar-refractivity contribution in [1.82, 2.24) is 9.97 Å². The molecule has 4 aliphatic carbocycles. The van der Waals surface area contributed by atoms with Crippen LogP contribution in [0.2, 0.25) is 5.02 Å². The van der Waals surface area contributed by atoms with Crippen molar-refractivity contribution in [3.8, 4) is 0 Å². The van der Waals surface area contributed by atoms with E-state index in [1.807, 2.05) is 12.1 Å². The lowest BCUT2D eigenvalue weighted by molar-refractivity contribution is -0.162. The molecule has 190 valence electrons. The Morgan fingerprint density at radius 2 is 1.91 bits per heavy atom. The molecule has 1 heterocycles. The molecule has 5 heteroatoms. The Labute approximate surface area is 214 Å². The van der Waals surface area contributed by atoms with Crippen molar-refractivity contribution in [2.75, 3.05) is 0 Å². The molecule has 2 aromatic rings. The standard InChI is InChI=1S/C30H41ClN2O2/c1-29-15-4-3-7-19(29)17-24(34)26-20-13-12-18(30(20,2)16-14-21(26)29)8-5-11-25-32-23-10-6-9-22(31)27(23)28(35)33-25/h6,9-10,18-21,24,26,34H,3-5,7-8,11-17H2,1-2H3,(H,32,33,35). The van der Waals surface area contributed by atoms with Crippen molar-refractivity contribution in [3.05, 3.63) is 39.4 Å². The number of aromatic nitrogens is 2. The van der Waals surface area contributed by atoms with E-state index in [1.54, 1.807) is 6.07 Å². The van der Waals surface area contributed by atoms with Gasteiger partial charge in [0, 0.05) is 6.42 Å². The Bertz CT molecular complexity index is 1160. The van der Waals surface area contributed by atoms with Crippen LogP contribution < -0.4 is 5.56 Å². The van der Waals surface area contributed by atoms with Gasteiger partial charge >= 0.3 is 0 Å². The lowest BCUT2D eigenvalue weighted by Crippen LogP contribution is -2.57. The van der Waals surface area contributed by atoms with Crippen molar-refractivity contribution in [3.63, 3.8) is 0 Å². The minimum absolute atomic E-state index is 0.0988. The minimum atomic E-state index is -0.136. The topological polar surface area (TPSA) is 66.0 Å². The van der Waals surface area contributed by atoms with E-state index in [0.717, 1.165) is 31.0 Å². The predicted octanol–water partition coefficient (Wildman–Crippen LogP) is 6.92. The summed E-state index contributed by atoms with van der Waals surface area (Å²) in [6.45, 7) is 5.13. The Morgan fingerprint density at radius 3 is 2.77 bits per heavy atom. The molecule has 0 aliphatic heterocycles. The van der Waals surface area contributed by atoms with Crippen LogP contribution in [-0.4, -0.2) is 21.2 Å². The van der Waals surface area contributed by atoms with Crippen LogP contribution in [0.5, 0.6) is 0 Å². The number of benzene rings is 1. The predicted molar refractivity (Wildman–Crippen MR) is 142 cm³/mol. The zero-order valence-electron chi connectivity index (χ0n) is 21.4. The number of nitrogens with one attached hydrogen (secondary N) is 1. The SMILES string of the molecule is CC12CCC3C(C(O)CC4CCCCC43C)C1CCC2CCCc1nc2cccc(Cl)c2c(=O)[nH]1. The van der Waals surface area contributed by atoms with Gasteiger partial charge in [-0.1, -0.05) is 44.4 Å². The number of aliphatic hydroxyl groups excluding tert-OH is 1. The van der Waals surface area contributed by atoms with E-state index in [2.05, 4.69) is 18.8 Å². The van der Waals surface area contributed by atoms with Crippen LogP contribution in [0.3, 0.4) is 0 Å². The van der Waals surface area contributed by atoms with Gasteiger partial charge in [0.1, 0.15) is 5.82 Å². The van der Waals surface area contributed by atoms with E-state index < -0.39 is 0 Å². The van der Waals surface area contributed by atoms with Gasteiger partial charge in [-0.2, -0.15) is 0 Å². The first-order chi connectivity index (χ1) is 16.8. The van der Waals surface area contributed by atoms with Gasteiger partial charge < -0.3 is 10.1 Å². The maximum absolute atomic E-state index is 12.6. The largest absolute Gasteiger partial charge is 0.393 e. The fourth-order valence-electron chi connectivity index (χ4n) is 9.67. The van der Waals surface area contributed by atoms with Crippen LogP contribution in [0.4, 0.5) is 0 Å². The molecule has 4 fully saturated rings. The molecule has 8 unspecified atom stereocenters. The molecular formula is C30H41ClN2O2. The van der Waals surface area contributed by atoms with E-state index in [0.29, 0.717) is 50.4 Å². The highest BCUT2D eigenvalue weighted by molar-refractivity contribution is 6.35. The van der Waals surface area contributed by atoms with Gasteiger partial charge in [0.15, 0.2) is 0 Å². The molecule has 4 nitrogen and oxygen atoms in total. The van der Waals surface area contributed by atoms with Crippen molar-refractivity contribution in [1.29, 1.82) is 0 Å². The van der Waals surface area contributed by atoms with Gasteiger partial charge in [-0.05, 0) is 110 Å². The van der Waals surface area contributed by atoms with E-state index in [1.165, 1.54) is 57.8 Å². The normalized spacial score (nSPS) is 40.8. The molecule has 0 saturated heterocycles. The number of hydrogen-bond donors (Lipinski definition) is 2. The second kappa shape index (κ2) is 8.87. The summed E-state index contributed by atoms with van der Waals surface area (Å²) < 4.78 is 0. The summed E-state index contributed by atoms with van der Waals surface area (Å²) in [5.41, 5.74) is 1.35. The fourth-order valence-corrected chi connectivity index (χ4v) is 9.93. The third-order valence-electron chi connectivity index (χ3n) is 11.5. The Balaban J connectivity index is 1.15. The van der Waals surface area contributed by atoms with E-state index >= 15 is 0 Å². The summed E-state index contributed by atoms with van der Waals surface area (Å²) in [5.74, 6) is 4.10. The second-order valence-electron chi connectivity index (χ2n) is 12.9. The van der Waals surface area contributed by atoms with Crippen LogP contribution in [-0.2, 0) is 6.42 Å². The van der Waals surface area contributed by atoms with Crippen molar-refractivity contribution >= 4 is 22.5 Å². The highest BCUT2D eigenvalue weighted by atomic mass is 35.5. The zero-order chi connectivity index (χ0) is 24.4. The summed E-state index contributed by atoms with van der Waals surface area (Å²) >= 11 is 6.21. The number of aromatic amines is 1. The lowest BCUT2D eigenvalue weighted by Gasteiger charge is -2.62. The maximum atomic E-state index is 12.6. The minimum Gasteiger partial charge on any atom is -0.393 e. The van der Waals surface area contributed by atoms with E-state index in [9.17, 15) is 9.90 Å². The number of rotatable bonds is 4. The molecule has 1 aromatic heterocycles. The van der Waals surface area contributed by atoms with Gasteiger partial charge in [-0.15, -0.1) is 0 Å². The van der Waals surface area contributed by atoms with Gasteiger partial charge in [-0.3, -0.25) is 4.79 Å². The number of fused-ring (bicyclic) bond motifs is 6. The van der Waals surface area contributed by atoms with E-state index in [4.69, 9.17) is 16.6 Å². The first kappa shape index (κ1) is 24.0. The molecule has 0 spiro atoms. The van der Waals surface area contributed by atoms with Gasteiger partial charge in [0.25, 0.3) is 5.56 Å². The third-order valence-corrected chi connectivity index (χ3v) is 11.8. The number of nitrogens with zero attached hydrogens (tertiary/aromatic N) is 1. The summed E-state index contributed by atoms with van der Waals surface area (Å²) in [7, 11) is 0. The lowest BCUT2D eigenvalue weighted by atomic mass is 9.44. The highest BCUT2D eigenvalue weighted by Crippen LogP contribution is 2.67. The number of halogens is 1. The van der Waals surface area contributed by atoms with Crippen molar-refractivity contribution < 1.29 is 5.11 Å². The monoisotopic (exact) mass is 496 g/mol. The maximum Gasteiger partial charge on any atom is 0.260 e. The molecule has 6 rings (SSSR count). The highest BCUT2D eigenvalue weighted by Gasteiger charge is 2.61. The average Bonchev–Trinajstić information content (AvgIpc) is 3.15. The zero-order valence-corrected chi connectivity index (χ0v) is 22.1. The molecular weight excluding hydrogens is 456 g/mol.